The molecule has 0 spiro atoms. The number of ether oxygens (including phenoxy) is 1. The van der Waals surface area contributed by atoms with Gasteiger partial charge in [0.1, 0.15) is 5.82 Å². The molecule has 0 fully saturated rings. The van der Waals surface area contributed by atoms with Gasteiger partial charge >= 0.3 is 5.97 Å². The van der Waals surface area contributed by atoms with Gasteiger partial charge in [-0.25, -0.2) is 14.8 Å². The summed E-state index contributed by atoms with van der Waals surface area (Å²) in [6, 6.07) is 1.61. The van der Waals surface area contributed by atoms with Gasteiger partial charge in [-0.15, -0.1) is 11.3 Å². The highest BCUT2D eigenvalue weighted by atomic mass is 32.1. The van der Waals surface area contributed by atoms with E-state index in [1.165, 1.54) is 6.20 Å². The van der Waals surface area contributed by atoms with Gasteiger partial charge in [-0.2, -0.15) is 0 Å². The Balaban J connectivity index is 2.04. The molecule has 7 heteroatoms. The molecule has 0 aromatic carbocycles. The van der Waals surface area contributed by atoms with E-state index in [0.717, 1.165) is 5.01 Å². The Morgan fingerprint density at radius 2 is 2.33 bits per heavy atom. The van der Waals surface area contributed by atoms with Crippen LogP contribution in [0, 0.1) is 0 Å². The van der Waals surface area contributed by atoms with Gasteiger partial charge < -0.3 is 15.8 Å². The smallest absolute Gasteiger partial charge is 0.340 e. The van der Waals surface area contributed by atoms with Gasteiger partial charge in [-0.05, 0) is 13.0 Å². The first-order valence-corrected chi connectivity index (χ1v) is 7.55. The zero-order valence-corrected chi connectivity index (χ0v) is 12.8. The van der Waals surface area contributed by atoms with Crippen LogP contribution in [0.15, 0.2) is 23.8 Å². The van der Waals surface area contributed by atoms with E-state index >= 15 is 0 Å². The highest BCUT2D eigenvalue weighted by molar-refractivity contribution is 7.09. The van der Waals surface area contributed by atoms with Crippen molar-refractivity contribution in [2.75, 3.05) is 24.2 Å². The van der Waals surface area contributed by atoms with Gasteiger partial charge in [0.05, 0.1) is 29.1 Å². The molecule has 0 aliphatic carbocycles. The van der Waals surface area contributed by atoms with Crippen molar-refractivity contribution in [2.24, 2.45) is 0 Å². The molecule has 3 N–H and O–H groups in total. The Labute approximate surface area is 127 Å². The van der Waals surface area contributed by atoms with Gasteiger partial charge in [-0.1, -0.05) is 6.92 Å². The fourth-order valence-electron chi connectivity index (χ4n) is 1.77. The van der Waals surface area contributed by atoms with E-state index in [1.54, 1.807) is 30.5 Å². The van der Waals surface area contributed by atoms with E-state index in [4.69, 9.17) is 10.5 Å². The number of esters is 1. The first-order chi connectivity index (χ1) is 10.1. The minimum atomic E-state index is -0.437. The maximum Gasteiger partial charge on any atom is 0.340 e. The van der Waals surface area contributed by atoms with Crippen molar-refractivity contribution in [1.82, 2.24) is 9.97 Å². The Hall–Kier alpha value is -2.15. The Bertz CT molecular complexity index is 601. The molecule has 0 saturated carbocycles. The van der Waals surface area contributed by atoms with Crippen molar-refractivity contribution in [2.45, 2.75) is 19.8 Å². The zero-order valence-electron chi connectivity index (χ0n) is 12.0. The molecule has 0 saturated heterocycles. The lowest BCUT2D eigenvalue weighted by Crippen LogP contribution is -2.13. The highest BCUT2D eigenvalue weighted by Gasteiger charge is 2.13. The molecule has 2 aromatic heterocycles. The molecule has 6 nitrogen and oxygen atoms in total. The summed E-state index contributed by atoms with van der Waals surface area (Å²) in [6.45, 7) is 4.82. The third-order valence-corrected chi connectivity index (χ3v) is 3.90. The quantitative estimate of drug-likeness (QED) is 0.797. The first kappa shape index (κ1) is 15.2. The number of thiazole rings is 1. The monoisotopic (exact) mass is 306 g/mol. The summed E-state index contributed by atoms with van der Waals surface area (Å²) in [5, 5.41) is 6.20. The molecule has 0 amide bonds. The molecule has 0 aliphatic rings. The second-order valence-corrected chi connectivity index (χ2v) is 5.46. The van der Waals surface area contributed by atoms with Crippen molar-refractivity contribution in [3.8, 4) is 0 Å². The fourth-order valence-corrected chi connectivity index (χ4v) is 2.47. The normalized spacial score (nSPS) is 11.9. The third kappa shape index (κ3) is 3.91. The van der Waals surface area contributed by atoms with Gasteiger partial charge in [0.25, 0.3) is 0 Å². The summed E-state index contributed by atoms with van der Waals surface area (Å²) in [7, 11) is 0. The highest BCUT2D eigenvalue weighted by Crippen LogP contribution is 2.20. The predicted octanol–water partition coefficient (Wildman–Crippen LogP) is 2.51. The Morgan fingerprint density at radius 1 is 1.52 bits per heavy atom. The van der Waals surface area contributed by atoms with E-state index in [1.807, 2.05) is 5.38 Å². The molecular formula is C14H18N4O2S. The molecule has 1 unspecified atom stereocenters. The molecule has 2 rings (SSSR count). The maximum atomic E-state index is 11.8. The average Bonchev–Trinajstić information content (AvgIpc) is 3.00. The topological polar surface area (TPSA) is 90.1 Å². The molecule has 2 heterocycles. The summed E-state index contributed by atoms with van der Waals surface area (Å²) in [5.41, 5.74) is 6.40. The Morgan fingerprint density at radius 3 is 3.00 bits per heavy atom. The van der Waals surface area contributed by atoms with Gasteiger partial charge in [0.15, 0.2) is 0 Å². The second-order valence-electron chi connectivity index (χ2n) is 4.53. The number of pyridine rings is 1. The van der Waals surface area contributed by atoms with Crippen LogP contribution < -0.4 is 11.1 Å². The van der Waals surface area contributed by atoms with E-state index in [9.17, 15) is 4.79 Å². The maximum absolute atomic E-state index is 11.8. The van der Waals surface area contributed by atoms with Gasteiger partial charge in [0, 0.05) is 24.0 Å². The second kappa shape index (κ2) is 7.03. The van der Waals surface area contributed by atoms with E-state index < -0.39 is 5.97 Å². The number of carbonyl (C=O) groups excluding carboxylic acids is 1. The number of nitrogen functional groups attached to an aromatic ring is 1. The average molecular weight is 306 g/mol. The van der Waals surface area contributed by atoms with Gasteiger partial charge in [0.2, 0.25) is 0 Å². The molecule has 2 aromatic rings. The first-order valence-electron chi connectivity index (χ1n) is 6.67. The fraction of sp³-hybridized carbons (Fsp3) is 0.357. The lowest BCUT2D eigenvalue weighted by atomic mass is 10.2. The number of nitrogens with one attached hydrogen (secondary N) is 1. The lowest BCUT2D eigenvalue weighted by molar-refractivity contribution is 0.0527. The zero-order chi connectivity index (χ0) is 15.2. The van der Waals surface area contributed by atoms with Crippen molar-refractivity contribution >= 4 is 28.8 Å². The minimum absolute atomic E-state index is 0.260. The van der Waals surface area contributed by atoms with Crippen molar-refractivity contribution in [3.05, 3.63) is 34.4 Å². The number of hydrogen-bond donors (Lipinski definition) is 2. The number of hydrogen-bond acceptors (Lipinski definition) is 7. The SMILES string of the molecule is CCOC(=O)c1cc(NCC(C)c2nccs2)ncc1N. The van der Waals surface area contributed by atoms with E-state index in [-0.39, 0.29) is 5.92 Å². The number of rotatable bonds is 6. The van der Waals surface area contributed by atoms with Crippen LogP contribution in [0.2, 0.25) is 0 Å². The lowest BCUT2D eigenvalue weighted by Gasteiger charge is -2.12. The summed E-state index contributed by atoms with van der Waals surface area (Å²) >= 11 is 1.62. The molecule has 21 heavy (non-hydrogen) atoms. The van der Waals surface area contributed by atoms with Crippen molar-refractivity contribution in [1.29, 1.82) is 0 Å². The van der Waals surface area contributed by atoms with Crippen LogP contribution >= 0.6 is 11.3 Å². The molecule has 112 valence electrons. The molecule has 0 bridgehead atoms. The van der Waals surface area contributed by atoms with Crippen molar-refractivity contribution in [3.63, 3.8) is 0 Å². The van der Waals surface area contributed by atoms with Crippen LogP contribution in [-0.4, -0.2) is 29.1 Å². The minimum Gasteiger partial charge on any atom is -0.462 e. The summed E-state index contributed by atoms with van der Waals surface area (Å²) in [4.78, 5) is 20.2. The summed E-state index contributed by atoms with van der Waals surface area (Å²) in [5.74, 6) is 0.416. The number of aromatic nitrogens is 2. The van der Waals surface area contributed by atoms with Crippen LogP contribution in [0.1, 0.15) is 35.1 Å². The number of nitrogens with zero attached hydrogens (tertiary/aromatic N) is 2. The Kier molecular flexibility index (Phi) is 5.10. The van der Waals surface area contributed by atoms with Gasteiger partial charge in [-0.3, -0.25) is 0 Å². The third-order valence-electron chi connectivity index (χ3n) is 2.89. The van der Waals surface area contributed by atoms with Crippen LogP contribution in [0.4, 0.5) is 11.5 Å². The number of nitrogens with two attached hydrogens (primary N) is 1. The number of carbonyl (C=O) groups is 1. The van der Waals surface area contributed by atoms with Crippen molar-refractivity contribution < 1.29 is 9.53 Å². The molecule has 0 radical (unpaired) electrons. The predicted molar refractivity (Wildman–Crippen MR) is 83.6 cm³/mol. The summed E-state index contributed by atoms with van der Waals surface area (Å²) in [6.07, 6.45) is 3.25. The molecule has 1 atom stereocenters. The largest absolute Gasteiger partial charge is 0.462 e. The molecule has 0 aliphatic heterocycles. The van der Waals surface area contributed by atoms with Crippen LogP contribution in [0.5, 0.6) is 0 Å². The molecular weight excluding hydrogens is 288 g/mol. The van der Waals surface area contributed by atoms with Crippen LogP contribution in [0.25, 0.3) is 0 Å². The van der Waals surface area contributed by atoms with Crippen LogP contribution in [0.3, 0.4) is 0 Å². The standard InChI is InChI=1S/C14H18N4O2S/c1-3-20-14(19)10-6-12(18-8-11(10)15)17-7-9(2)13-16-4-5-21-13/h4-6,8-9H,3,7,15H2,1-2H3,(H,17,18). The number of anilines is 2. The van der Waals surface area contributed by atoms with E-state index in [2.05, 4.69) is 22.2 Å². The van der Waals surface area contributed by atoms with E-state index in [0.29, 0.717) is 30.2 Å². The summed E-state index contributed by atoms with van der Waals surface area (Å²) < 4.78 is 4.97. The van der Waals surface area contributed by atoms with Crippen LogP contribution in [-0.2, 0) is 4.74 Å².